The van der Waals surface area contributed by atoms with Crippen LogP contribution in [-0.4, -0.2) is 6.36 Å². The number of ether oxygens (including phenoxy) is 1. The molecule has 0 radical (unpaired) electrons. The Morgan fingerprint density at radius 2 is 1.53 bits per heavy atom. The minimum absolute atomic E-state index is 0.180. The van der Waals surface area contributed by atoms with Crippen molar-refractivity contribution in [3.63, 3.8) is 0 Å². The third-order valence-corrected chi connectivity index (χ3v) is 7.06. The molecule has 0 heterocycles. The predicted octanol–water partition coefficient (Wildman–Crippen LogP) is 8.14. The molecule has 1 nitrogen and oxygen atoms in total. The third kappa shape index (κ3) is 6.34. The Hall–Kier alpha value is -1.33. The van der Waals surface area contributed by atoms with Gasteiger partial charge < -0.3 is 4.74 Å². The largest absolute Gasteiger partial charge is 0.573 e. The fourth-order valence-electron chi connectivity index (χ4n) is 5.32. The highest BCUT2D eigenvalue weighted by molar-refractivity contribution is 5.40. The number of fused-ring (bicyclic) bond motifs is 1. The molecule has 0 aromatic heterocycles. The summed E-state index contributed by atoms with van der Waals surface area (Å²) < 4.78 is 69.3. The van der Waals surface area contributed by atoms with Crippen LogP contribution in [0.3, 0.4) is 0 Å². The van der Waals surface area contributed by atoms with Gasteiger partial charge in [0.2, 0.25) is 5.75 Å². The molecule has 1 saturated carbocycles. The second kappa shape index (κ2) is 10.3. The maximum absolute atomic E-state index is 14.4. The van der Waals surface area contributed by atoms with E-state index in [9.17, 15) is 22.0 Å². The van der Waals surface area contributed by atoms with Gasteiger partial charge in [-0.2, -0.15) is 0 Å². The molecule has 1 fully saturated rings. The zero-order chi connectivity index (χ0) is 21.7. The molecule has 0 N–H and O–H groups in total. The average molecular weight is 433 g/mol. The zero-order valence-electron chi connectivity index (χ0n) is 17.8. The fraction of sp³-hybridized carbons (Fsp3) is 0.750. The van der Waals surface area contributed by atoms with Crippen LogP contribution in [0.25, 0.3) is 0 Å². The maximum Gasteiger partial charge on any atom is 0.573 e. The molecule has 1 aromatic carbocycles. The lowest BCUT2D eigenvalue weighted by Gasteiger charge is -2.31. The van der Waals surface area contributed by atoms with Gasteiger partial charge >= 0.3 is 6.36 Å². The summed E-state index contributed by atoms with van der Waals surface area (Å²) in [6.07, 6.45) is 9.15. The van der Waals surface area contributed by atoms with Crippen LogP contribution in [0.4, 0.5) is 22.0 Å². The van der Waals surface area contributed by atoms with Crippen LogP contribution < -0.4 is 4.74 Å². The van der Waals surface area contributed by atoms with E-state index in [2.05, 4.69) is 11.7 Å². The van der Waals surface area contributed by atoms with Crippen LogP contribution in [0.1, 0.15) is 88.7 Å². The molecule has 6 heteroatoms. The first-order valence-corrected chi connectivity index (χ1v) is 11.5. The van der Waals surface area contributed by atoms with Gasteiger partial charge in [0.1, 0.15) is 0 Å². The summed E-state index contributed by atoms with van der Waals surface area (Å²) in [5, 5.41) is 0. The highest BCUT2D eigenvalue weighted by atomic mass is 19.4. The first kappa shape index (κ1) is 23.3. The summed E-state index contributed by atoms with van der Waals surface area (Å²) in [7, 11) is 0. The normalized spacial score (nSPS) is 24.5. The van der Waals surface area contributed by atoms with Crippen molar-refractivity contribution in [3.05, 3.63) is 28.8 Å². The van der Waals surface area contributed by atoms with Gasteiger partial charge in [-0.25, -0.2) is 8.78 Å². The van der Waals surface area contributed by atoms with Crippen LogP contribution in [0.15, 0.2) is 6.07 Å². The lowest BCUT2D eigenvalue weighted by atomic mass is 9.75. The summed E-state index contributed by atoms with van der Waals surface area (Å²) in [4.78, 5) is 0. The van der Waals surface area contributed by atoms with Crippen molar-refractivity contribution in [1.29, 1.82) is 0 Å². The quantitative estimate of drug-likeness (QED) is 0.298. The summed E-state index contributed by atoms with van der Waals surface area (Å²) in [5.74, 6) is -1.82. The fourth-order valence-corrected chi connectivity index (χ4v) is 5.32. The van der Waals surface area contributed by atoms with Gasteiger partial charge in [-0.1, -0.05) is 64.7 Å². The van der Waals surface area contributed by atoms with Crippen molar-refractivity contribution in [1.82, 2.24) is 0 Å². The third-order valence-electron chi connectivity index (χ3n) is 7.06. The molecule has 1 unspecified atom stereocenters. The van der Waals surface area contributed by atoms with Crippen LogP contribution in [0.2, 0.25) is 0 Å². The monoisotopic (exact) mass is 432 g/mol. The van der Waals surface area contributed by atoms with E-state index in [1.54, 1.807) is 0 Å². The highest BCUT2D eigenvalue weighted by Crippen LogP contribution is 2.39. The van der Waals surface area contributed by atoms with E-state index < -0.39 is 23.7 Å². The van der Waals surface area contributed by atoms with Crippen LogP contribution in [0.5, 0.6) is 5.75 Å². The Bertz CT molecular complexity index is 692. The van der Waals surface area contributed by atoms with E-state index in [0.29, 0.717) is 24.3 Å². The number of halogens is 5. The van der Waals surface area contributed by atoms with E-state index >= 15 is 0 Å². The van der Waals surface area contributed by atoms with E-state index in [1.807, 2.05) is 0 Å². The maximum atomic E-state index is 14.4. The summed E-state index contributed by atoms with van der Waals surface area (Å²) in [6, 6.07) is 1.03. The van der Waals surface area contributed by atoms with Gasteiger partial charge in [-0.05, 0) is 60.6 Å². The molecule has 0 amide bonds. The van der Waals surface area contributed by atoms with E-state index in [-0.39, 0.29) is 5.56 Å². The van der Waals surface area contributed by atoms with Crippen molar-refractivity contribution in [2.45, 2.75) is 96.8 Å². The molecule has 0 spiro atoms. The first-order valence-electron chi connectivity index (χ1n) is 11.5. The summed E-state index contributed by atoms with van der Waals surface area (Å²) in [5.41, 5.74) is 0.676. The predicted molar refractivity (Wildman–Crippen MR) is 107 cm³/mol. The van der Waals surface area contributed by atoms with Crippen LogP contribution >= 0.6 is 0 Å². The summed E-state index contributed by atoms with van der Waals surface area (Å²) >= 11 is 0. The molecule has 2 aliphatic rings. The van der Waals surface area contributed by atoms with Gasteiger partial charge in [0, 0.05) is 0 Å². The number of unbranched alkanes of at least 4 members (excludes halogenated alkanes) is 2. The lowest BCUT2D eigenvalue weighted by Crippen LogP contribution is -2.22. The second-order valence-electron chi connectivity index (χ2n) is 9.26. The lowest BCUT2D eigenvalue weighted by molar-refractivity contribution is -0.276. The molecule has 0 saturated heterocycles. The van der Waals surface area contributed by atoms with Crippen molar-refractivity contribution >= 4 is 0 Å². The van der Waals surface area contributed by atoms with Crippen molar-refractivity contribution < 1.29 is 26.7 Å². The smallest absolute Gasteiger partial charge is 0.399 e. The minimum Gasteiger partial charge on any atom is -0.399 e. The molecule has 30 heavy (non-hydrogen) atoms. The SMILES string of the molecule is CCCCCC1CCC(CCC2CCc3c(cc(F)c(OC(F)(F)F)c3F)C2)CC1. The van der Waals surface area contributed by atoms with Crippen LogP contribution in [0, 0.1) is 29.4 Å². The van der Waals surface area contributed by atoms with Crippen molar-refractivity contribution in [3.8, 4) is 5.75 Å². The van der Waals surface area contributed by atoms with E-state index in [0.717, 1.165) is 37.2 Å². The van der Waals surface area contributed by atoms with Crippen molar-refractivity contribution in [2.24, 2.45) is 17.8 Å². The van der Waals surface area contributed by atoms with E-state index in [1.165, 1.54) is 51.4 Å². The molecule has 1 atom stereocenters. The number of hydrogen-bond acceptors (Lipinski definition) is 1. The molecule has 1 aromatic rings. The average Bonchev–Trinajstić information content (AvgIpc) is 2.70. The van der Waals surface area contributed by atoms with Gasteiger partial charge in [-0.3, -0.25) is 0 Å². The zero-order valence-corrected chi connectivity index (χ0v) is 17.8. The highest BCUT2D eigenvalue weighted by Gasteiger charge is 2.36. The Labute approximate surface area is 176 Å². The molecular formula is C24H33F5O. The Morgan fingerprint density at radius 1 is 0.900 bits per heavy atom. The van der Waals surface area contributed by atoms with Gasteiger partial charge in [0.15, 0.2) is 11.6 Å². The summed E-state index contributed by atoms with van der Waals surface area (Å²) in [6.45, 7) is 2.23. The Balaban J connectivity index is 1.49. The molecule has 2 aliphatic carbocycles. The number of alkyl halides is 3. The second-order valence-corrected chi connectivity index (χ2v) is 9.26. The topological polar surface area (TPSA) is 9.23 Å². The minimum atomic E-state index is -5.11. The molecule has 0 bridgehead atoms. The van der Waals surface area contributed by atoms with E-state index in [4.69, 9.17) is 0 Å². The van der Waals surface area contributed by atoms with Crippen LogP contribution in [-0.2, 0) is 12.8 Å². The Morgan fingerprint density at radius 3 is 2.17 bits per heavy atom. The molecule has 0 aliphatic heterocycles. The number of hydrogen-bond donors (Lipinski definition) is 0. The van der Waals surface area contributed by atoms with Gasteiger partial charge in [0.05, 0.1) is 0 Å². The molecule has 3 rings (SSSR count). The van der Waals surface area contributed by atoms with Gasteiger partial charge in [0.25, 0.3) is 0 Å². The van der Waals surface area contributed by atoms with Gasteiger partial charge in [-0.15, -0.1) is 13.2 Å². The van der Waals surface area contributed by atoms with Crippen molar-refractivity contribution in [2.75, 3.05) is 0 Å². The first-order chi connectivity index (χ1) is 14.3. The molecular weight excluding hydrogens is 399 g/mol. The molecule has 170 valence electrons. The standard InChI is InChI=1S/C24H33F5O/c1-2-3-4-5-16-6-8-17(9-7-16)10-11-18-12-13-20-19(14-18)15-21(25)23(22(20)26)30-24(27,28)29/h15-18H,2-14H2,1H3. The number of benzene rings is 1. The Kier molecular flexibility index (Phi) is 8.03. The number of rotatable bonds is 8.